The van der Waals surface area contributed by atoms with Crippen LogP contribution >= 0.6 is 0 Å². The lowest BCUT2D eigenvalue weighted by molar-refractivity contribution is 0.0609. The molecular formula is C15H31NO. The van der Waals surface area contributed by atoms with Crippen molar-refractivity contribution in [2.75, 3.05) is 13.2 Å². The van der Waals surface area contributed by atoms with Gasteiger partial charge in [0.15, 0.2) is 0 Å². The minimum atomic E-state index is 0.385. The van der Waals surface area contributed by atoms with Crippen LogP contribution in [0.25, 0.3) is 0 Å². The van der Waals surface area contributed by atoms with Crippen molar-refractivity contribution in [1.29, 1.82) is 0 Å². The van der Waals surface area contributed by atoms with Crippen LogP contribution in [0.4, 0.5) is 0 Å². The second-order valence-electron chi connectivity index (χ2n) is 7.16. The molecule has 17 heavy (non-hydrogen) atoms. The van der Waals surface area contributed by atoms with Gasteiger partial charge in [-0.25, -0.2) is 0 Å². The minimum Gasteiger partial charge on any atom is -0.381 e. The summed E-state index contributed by atoms with van der Waals surface area (Å²) in [6, 6.07) is 0.385. The van der Waals surface area contributed by atoms with E-state index in [4.69, 9.17) is 10.5 Å². The maximum absolute atomic E-state index is 6.28. The van der Waals surface area contributed by atoms with E-state index in [0.717, 1.165) is 25.0 Å². The van der Waals surface area contributed by atoms with Crippen LogP contribution in [-0.2, 0) is 4.74 Å². The first-order valence-electron chi connectivity index (χ1n) is 7.20. The molecule has 0 saturated carbocycles. The molecule has 2 heteroatoms. The van der Waals surface area contributed by atoms with Gasteiger partial charge in [-0.3, -0.25) is 0 Å². The lowest BCUT2D eigenvalue weighted by Crippen LogP contribution is -2.29. The van der Waals surface area contributed by atoms with Gasteiger partial charge in [-0.2, -0.15) is 0 Å². The summed E-state index contributed by atoms with van der Waals surface area (Å²) in [6.45, 7) is 11.2. The van der Waals surface area contributed by atoms with Crippen LogP contribution in [0.3, 0.4) is 0 Å². The van der Waals surface area contributed by atoms with Crippen molar-refractivity contribution in [3.05, 3.63) is 0 Å². The van der Waals surface area contributed by atoms with Crippen molar-refractivity contribution < 1.29 is 4.74 Å². The van der Waals surface area contributed by atoms with Crippen molar-refractivity contribution in [3.63, 3.8) is 0 Å². The molecule has 1 rings (SSSR count). The molecule has 2 unspecified atom stereocenters. The predicted molar refractivity (Wildman–Crippen MR) is 74.0 cm³/mol. The maximum atomic E-state index is 6.28. The molecule has 1 aliphatic heterocycles. The molecule has 0 bridgehead atoms. The van der Waals surface area contributed by atoms with Crippen LogP contribution in [0.1, 0.15) is 59.8 Å². The number of rotatable bonds is 5. The van der Waals surface area contributed by atoms with E-state index in [2.05, 4.69) is 27.7 Å². The fourth-order valence-electron chi connectivity index (χ4n) is 3.15. The Balaban J connectivity index is 2.21. The zero-order valence-corrected chi connectivity index (χ0v) is 12.2. The molecule has 2 atom stereocenters. The van der Waals surface area contributed by atoms with E-state index < -0.39 is 0 Å². The lowest BCUT2D eigenvalue weighted by Gasteiger charge is -2.28. The quantitative estimate of drug-likeness (QED) is 0.798. The maximum Gasteiger partial charge on any atom is 0.0468 e. The van der Waals surface area contributed by atoms with Crippen molar-refractivity contribution in [2.24, 2.45) is 23.0 Å². The minimum absolute atomic E-state index is 0.385. The lowest BCUT2D eigenvalue weighted by atomic mass is 9.81. The third kappa shape index (κ3) is 7.05. The molecule has 102 valence electrons. The highest BCUT2D eigenvalue weighted by Crippen LogP contribution is 2.28. The van der Waals surface area contributed by atoms with Gasteiger partial charge in [0.05, 0.1) is 0 Å². The molecule has 0 aromatic rings. The fourth-order valence-corrected chi connectivity index (χ4v) is 3.15. The van der Waals surface area contributed by atoms with Crippen molar-refractivity contribution in [1.82, 2.24) is 0 Å². The standard InChI is InChI=1S/C15H31NO/c1-12(11-15(2,3)4)9-14(16)10-13-5-7-17-8-6-13/h12-14H,5-11,16H2,1-4H3. The van der Waals surface area contributed by atoms with Crippen LogP contribution in [0.5, 0.6) is 0 Å². The molecule has 2 N–H and O–H groups in total. The van der Waals surface area contributed by atoms with E-state index in [1.165, 1.54) is 32.1 Å². The molecular weight excluding hydrogens is 210 g/mol. The van der Waals surface area contributed by atoms with Gasteiger partial charge in [0.25, 0.3) is 0 Å². The van der Waals surface area contributed by atoms with E-state index in [9.17, 15) is 0 Å². The molecule has 1 aliphatic rings. The van der Waals surface area contributed by atoms with Gasteiger partial charge in [-0.15, -0.1) is 0 Å². The summed E-state index contributed by atoms with van der Waals surface area (Å²) in [4.78, 5) is 0. The molecule has 0 radical (unpaired) electrons. The Bertz CT molecular complexity index is 203. The first-order chi connectivity index (χ1) is 7.87. The highest BCUT2D eigenvalue weighted by Gasteiger charge is 2.21. The number of hydrogen-bond acceptors (Lipinski definition) is 2. The molecule has 1 saturated heterocycles. The van der Waals surface area contributed by atoms with Crippen LogP contribution in [0.15, 0.2) is 0 Å². The Labute approximate surface area is 107 Å². The monoisotopic (exact) mass is 241 g/mol. The molecule has 0 aromatic carbocycles. The number of hydrogen-bond donors (Lipinski definition) is 1. The second-order valence-corrected chi connectivity index (χ2v) is 7.16. The third-order valence-corrected chi connectivity index (χ3v) is 3.64. The zero-order chi connectivity index (χ0) is 12.9. The van der Waals surface area contributed by atoms with E-state index >= 15 is 0 Å². The van der Waals surface area contributed by atoms with Crippen molar-refractivity contribution >= 4 is 0 Å². The van der Waals surface area contributed by atoms with E-state index in [-0.39, 0.29) is 0 Å². The molecule has 1 fully saturated rings. The average molecular weight is 241 g/mol. The summed E-state index contributed by atoms with van der Waals surface area (Å²) in [5.41, 5.74) is 6.71. The molecule has 0 aromatic heterocycles. The Hall–Kier alpha value is -0.0800. The van der Waals surface area contributed by atoms with Crippen LogP contribution in [0.2, 0.25) is 0 Å². The summed E-state index contributed by atoms with van der Waals surface area (Å²) in [5, 5.41) is 0. The highest BCUT2D eigenvalue weighted by molar-refractivity contribution is 4.75. The summed E-state index contributed by atoms with van der Waals surface area (Å²) in [5.74, 6) is 1.55. The normalized spacial score (nSPS) is 22.4. The summed E-state index contributed by atoms with van der Waals surface area (Å²) in [7, 11) is 0. The van der Waals surface area contributed by atoms with Crippen LogP contribution in [-0.4, -0.2) is 19.3 Å². The topological polar surface area (TPSA) is 35.2 Å². The van der Waals surface area contributed by atoms with Crippen molar-refractivity contribution in [3.8, 4) is 0 Å². The first-order valence-corrected chi connectivity index (χ1v) is 7.20. The zero-order valence-electron chi connectivity index (χ0n) is 12.2. The van der Waals surface area contributed by atoms with Gasteiger partial charge in [-0.1, -0.05) is 27.7 Å². The molecule has 0 aliphatic carbocycles. The van der Waals surface area contributed by atoms with Gasteiger partial charge in [0.2, 0.25) is 0 Å². The van der Waals surface area contributed by atoms with Gasteiger partial charge >= 0.3 is 0 Å². The van der Waals surface area contributed by atoms with Crippen molar-refractivity contribution in [2.45, 2.75) is 65.8 Å². The fraction of sp³-hybridized carbons (Fsp3) is 1.00. The average Bonchev–Trinajstić information content (AvgIpc) is 2.15. The number of nitrogens with two attached hydrogens (primary N) is 1. The second kappa shape index (κ2) is 6.75. The Kier molecular flexibility index (Phi) is 5.94. The predicted octanol–water partition coefficient (Wildman–Crippen LogP) is 3.59. The largest absolute Gasteiger partial charge is 0.381 e. The Morgan fingerprint density at radius 1 is 1.24 bits per heavy atom. The number of ether oxygens (including phenoxy) is 1. The van der Waals surface area contributed by atoms with Gasteiger partial charge < -0.3 is 10.5 Å². The highest BCUT2D eigenvalue weighted by atomic mass is 16.5. The summed E-state index contributed by atoms with van der Waals surface area (Å²) >= 11 is 0. The third-order valence-electron chi connectivity index (χ3n) is 3.64. The summed E-state index contributed by atoms with van der Waals surface area (Å²) in [6.07, 6.45) is 6.06. The van der Waals surface area contributed by atoms with E-state index in [1.54, 1.807) is 0 Å². The Morgan fingerprint density at radius 3 is 2.35 bits per heavy atom. The SMILES string of the molecule is CC(CC(N)CC1CCOCC1)CC(C)(C)C. The van der Waals surface area contributed by atoms with Crippen LogP contribution < -0.4 is 5.73 Å². The van der Waals surface area contributed by atoms with Gasteiger partial charge in [0.1, 0.15) is 0 Å². The molecule has 2 nitrogen and oxygen atoms in total. The Morgan fingerprint density at radius 2 is 1.82 bits per heavy atom. The van der Waals surface area contributed by atoms with Gasteiger partial charge in [0, 0.05) is 19.3 Å². The van der Waals surface area contributed by atoms with E-state index in [0.29, 0.717) is 11.5 Å². The molecule has 0 spiro atoms. The summed E-state index contributed by atoms with van der Waals surface area (Å²) < 4.78 is 5.39. The molecule has 0 amide bonds. The smallest absolute Gasteiger partial charge is 0.0468 e. The first kappa shape index (κ1) is 15.0. The van der Waals surface area contributed by atoms with E-state index in [1.807, 2.05) is 0 Å². The molecule has 1 heterocycles. The van der Waals surface area contributed by atoms with Crippen LogP contribution in [0, 0.1) is 17.3 Å². The van der Waals surface area contributed by atoms with Gasteiger partial charge in [-0.05, 0) is 49.4 Å².